The average molecular weight is 435 g/mol. The van der Waals surface area contributed by atoms with E-state index in [9.17, 15) is 13.2 Å². The number of benzene rings is 2. The van der Waals surface area contributed by atoms with Crippen molar-refractivity contribution in [1.82, 2.24) is 0 Å². The Labute approximate surface area is 166 Å². The molecule has 0 unspecified atom stereocenters. The van der Waals surface area contributed by atoms with Crippen molar-refractivity contribution in [2.75, 3.05) is 11.9 Å². The minimum absolute atomic E-state index is 0.00609. The van der Waals surface area contributed by atoms with Gasteiger partial charge >= 0.3 is 5.97 Å². The number of carbonyl (C=O) groups excluding carboxylic acids is 1. The Bertz CT molecular complexity index is 958. The number of rotatable bonds is 6. The molecule has 0 atom stereocenters. The predicted octanol–water partition coefficient (Wildman–Crippen LogP) is 4.94. The molecule has 0 aliphatic carbocycles. The van der Waals surface area contributed by atoms with Crippen LogP contribution in [0.3, 0.4) is 0 Å². The maximum absolute atomic E-state index is 12.9. The van der Waals surface area contributed by atoms with Gasteiger partial charge in [0.15, 0.2) is 4.91 Å². The van der Waals surface area contributed by atoms with E-state index in [0.29, 0.717) is 10.7 Å². The quantitative estimate of drug-likeness (QED) is 0.515. The summed E-state index contributed by atoms with van der Waals surface area (Å²) in [4.78, 5) is 11.4. The zero-order valence-corrected chi connectivity index (χ0v) is 16.6. The van der Waals surface area contributed by atoms with E-state index in [1.807, 2.05) is 0 Å². The molecule has 0 aromatic heterocycles. The molecule has 0 radical (unpaired) electrons. The number of nitrogens with one attached hydrogen (secondary N) is 1. The first-order valence-corrected chi connectivity index (χ1v) is 9.97. The molecule has 0 spiro atoms. The average Bonchev–Trinajstić information content (AvgIpc) is 2.56. The summed E-state index contributed by atoms with van der Waals surface area (Å²) in [6, 6.07) is 10.5. The molecule has 0 aliphatic rings. The molecule has 0 heterocycles. The highest BCUT2D eigenvalue weighted by atomic mass is 35.5. The molecule has 0 bridgehead atoms. The van der Waals surface area contributed by atoms with E-state index in [1.165, 1.54) is 18.2 Å². The summed E-state index contributed by atoms with van der Waals surface area (Å²) in [5, 5.41) is 3.23. The highest BCUT2D eigenvalue weighted by Crippen LogP contribution is 2.30. The highest BCUT2D eigenvalue weighted by Gasteiger charge is 2.30. The molecule has 26 heavy (non-hydrogen) atoms. The molecule has 9 heteroatoms. The van der Waals surface area contributed by atoms with Gasteiger partial charge < -0.3 is 10.1 Å². The number of hydrogen-bond acceptors (Lipinski definition) is 5. The van der Waals surface area contributed by atoms with Gasteiger partial charge in [-0.05, 0) is 37.3 Å². The Morgan fingerprint density at radius 3 is 2.42 bits per heavy atom. The van der Waals surface area contributed by atoms with E-state index in [1.54, 1.807) is 31.2 Å². The molecule has 0 amide bonds. The van der Waals surface area contributed by atoms with Crippen LogP contribution in [0, 0.1) is 0 Å². The maximum Gasteiger partial charge on any atom is 0.351 e. The molecule has 0 saturated carbocycles. The summed E-state index contributed by atoms with van der Waals surface area (Å²) in [6.07, 6.45) is 1.03. The lowest BCUT2D eigenvalue weighted by molar-refractivity contribution is -0.137. The largest absolute Gasteiger partial charge is 0.462 e. The summed E-state index contributed by atoms with van der Waals surface area (Å²) >= 11 is 17.8. The second kappa shape index (κ2) is 8.77. The van der Waals surface area contributed by atoms with Crippen LogP contribution in [0.2, 0.25) is 15.1 Å². The Hall–Kier alpha value is -1.73. The molecule has 0 fully saturated rings. The van der Waals surface area contributed by atoms with E-state index < -0.39 is 20.7 Å². The molecule has 5 nitrogen and oxygen atoms in total. The van der Waals surface area contributed by atoms with E-state index in [0.717, 1.165) is 6.20 Å². The molecular formula is C17H14Cl3NO4S. The first kappa shape index (κ1) is 20.6. The second-order valence-electron chi connectivity index (χ2n) is 4.93. The maximum atomic E-state index is 12.9. The van der Waals surface area contributed by atoms with Crippen LogP contribution in [0.4, 0.5) is 5.69 Å². The van der Waals surface area contributed by atoms with Crippen LogP contribution in [0.25, 0.3) is 0 Å². The van der Waals surface area contributed by atoms with Crippen LogP contribution in [0.5, 0.6) is 0 Å². The monoisotopic (exact) mass is 433 g/mol. The molecule has 2 rings (SSSR count). The topological polar surface area (TPSA) is 72.5 Å². The zero-order valence-electron chi connectivity index (χ0n) is 13.5. The molecule has 2 aromatic carbocycles. The van der Waals surface area contributed by atoms with Gasteiger partial charge in [0.05, 0.1) is 27.2 Å². The summed E-state index contributed by atoms with van der Waals surface area (Å²) < 4.78 is 30.7. The lowest BCUT2D eigenvalue weighted by Crippen LogP contribution is -2.18. The number of anilines is 1. The van der Waals surface area contributed by atoms with Crippen LogP contribution in [-0.2, 0) is 19.4 Å². The van der Waals surface area contributed by atoms with Gasteiger partial charge in [0.25, 0.3) is 0 Å². The minimum atomic E-state index is -4.26. The van der Waals surface area contributed by atoms with Crippen molar-refractivity contribution in [3.8, 4) is 0 Å². The Kier molecular flexibility index (Phi) is 6.94. The predicted molar refractivity (Wildman–Crippen MR) is 103 cm³/mol. The summed E-state index contributed by atoms with van der Waals surface area (Å²) in [6.45, 7) is 1.57. The molecule has 1 N–H and O–H groups in total. The van der Waals surface area contributed by atoms with Gasteiger partial charge in [-0.3, -0.25) is 0 Å². The Balaban J connectivity index is 2.51. The smallest absolute Gasteiger partial charge is 0.351 e. The van der Waals surface area contributed by atoms with Crippen LogP contribution >= 0.6 is 34.8 Å². The van der Waals surface area contributed by atoms with E-state index in [-0.39, 0.29) is 21.5 Å². The SMILES string of the molecule is CCOC(=O)/C(=C/Nc1ccccc1Cl)S(=O)(=O)c1ccc(Cl)cc1Cl. The van der Waals surface area contributed by atoms with Gasteiger partial charge in [-0.25, -0.2) is 13.2 Å². The fraction of sp³-hybridized carbons (Fsp3) is 0.118. The van der Waals surface area contributed by atoms with Gasteiger partial charge in [0.1, 0.15) is 0 Å². The molecule has 0 aliphatic heterocycles. The zero-order chi connectivity index (χ0) is 19.3. The van der Waals surface area contributed by atoms with Gasteiger partial charge in [-0.2, -0.15) is 0 Å². The van der Waals surface area contributed by atoms with Crippen LogP contribution < -0.4 is 5.32 Å². The third kappa shape index (κ3) is 4.71. The fourth-order valence-corrected chi connectivity index (χ4v) is 4.18. The van der Waals surface area contributed by atoms with Gasteiger partial charge in [0.2, 0.25) is 9.84 Å². The number of para-hydroxylation sites is 1. The number of halogens is 3. The van der Waals surface area contributed by atoms with Crippen molar-refractivity contribution in [2.45, 2.75) is 11.8 Å². The summed E-state index contributed by atoms with van der Waals surface area (Å²) in [5.74, 6) is -1.02. The first-order chi connectivity index (χ1) is 12.3. The van der Waals surface area contributed by atoms with Crippen LogP contribution in [0.15, 0.2) is 58.5 Å². The van der Waals surface area contributed by atoms with Crippen molar-refractivity contribution < 1.29 is 17.9 Å². The number of hydrogen-bond donors (Lipinski definition) is 1. The van der Waals surface area contributed by atoms with Crippen LogP contribution in [-0.4, -0.2) is 21.0 Å². The lowest BCUT2D eigenvalue weighted by Gasteiger charge is -2.11. The third-order valence-corrected chi connectivity index (χ3v) is 5.97. The molecule has 2 aromatic rings. The number of sulfone groups is 1. The van der Waals surface area contributed by atoms with Crippen molar-refractivity contribution in [1.29, 1.82) is 0 Å². The van der Waals surface area contributed by atoms with E-state index in [4.69, 9.17) is 39.5 Å². The molecule has 138 valence electrons. The normalized spacial score (nSPS) is 11.9. The highest BCUT2D eigenvalue weighted by molar-refractivity contribution is 7.96. The van der Waals surface area contributed by atoms with Crippen molar-refractivity contribution >= 4 is 56.3 Å². The van der Waals surface area contributed by atoms with Crippen LogP contribution in [0.1, 0.15) is 6.92 Å². The lowest BCUT2D eigenvalue weighted by atomic mass is 10.3. The van der Waals surface area contributed by atoms with E-state index >= 15 is 0 Å². The van der Waals surface area contributed by atoms with Crippen molar-refractivity contribution in [3.05, 3.63) is 68.6 Å². The summed E-state index contributed by atoms with van der Waals surface area (Å²) in [7, 11) is -4.26. The number of esters is 1. The number of carbonyl (C=O) groups is 1. The molecule has 0 saturated heterocycles. The minimum Gasteiger partial charge on any atom is -0.462 e. The molecular weight excluding hydrogens is 421 g/mol. The summed E-state index contributed by atoms with van der Waals surface area (Å²) in [5.41, 5.74) is 0.424. The fourth-order valence-electron chi connectivity index (χ4n) is 1.98. The first-order valence-electron chi connectivity index (χ1n) is 7.36. The van der Waals surface area contributed by atoms with Crippen molar-refractivity contribution in [3.63, 3.8) is 0 Å². The Morgan fingerprint density at radius 1 is 1.12 bits per heavy atom. The van der Waals surface area contributed by atoms with E-state index in [2.05, 4.69) is 5.32 Å². The Morgan fingerprint density at radius 2 is 1.81 bits per heavy atom. The third-order valence-electron chi connectivity index (χ3n) is 3.18. The van der Waals surface area contributed by atoms with Gasteiger partial charge in [0, 0.05) is 11.2 Å². The number of ether oxygens (including phenoxy) is 1. The van der Waals surface area contributed by atoms with Gasteiger partial charge in [-0.15, -0.1) is 0 Å². The van der Waals surface area contributed by atoms with Gasteiger partial charge in [-0.1, -0.05) is 46.9 Å². The second-order valence-corrected chi connectivity index (χ2v) is 8.07. The van der Waals surface area contributed by atoms with Crippen molar-refractivity contribution in [2.24, 2.45) is 0 Å². The standard InChI is InChI=1S/C17H14Cl3NO4S/c1-2-25-17(22)16(10-21-14-6-4-3-5-12(14)19)26(23,24)15-8-7-11(18)9-13(15)20/h3-10,21H,2H2,1H3/b16-10-.